The maximum atomic E-state index is 12.5. The van der Waals surface area contributed by atoms with E-state index < -0.39 is 17.1 Å². The van der Waals surface area contributed by atoms with E-state index in [1.54, 1.807) is 30.3 Å². The third-order valence-electron chi connectivity index (χ3n) is 3.66. The van der Waals surface area contributed by atoms with Crippen molar-refractivity contribution >= 4 is 28.3 Å². The van der Waals surface area contributed by atoms with Crippen molar-refractivity contribution < 1.29 is 22.8 Å². The van der Waals surface area contributed by atoms with Crippen LogP contribution in [0.5, 0.6) is 5.75 Å². The quantitative estimate of drug-likeness (QED) is 0.807. The Morgan fingerprint density at radius 1 is 1.26 bits per heavy atom. The number of rotatable bonds is 4. The summed E-state index contributed by atoms with van der Waals surface area (Å²) in [4.78, 5) is 0.103. The lowest BCUT2D eigenvalue weighted by Crippen LogP contribution is -2.41. The number of methoxy groups -OCH3 is 1. The molecule has 0 aromatic heterocycles. The molecule has 0 bridgehead atoms. The van der Waals surface area contributed by atoms with Crippen molar-refractivity contribution in [3.63, 3.8) is 0 Å². The Balaban J connectivity index is 1.90. The molecule has 8 heteroatoms. The zero-order valence-corrected chi connectivity index (χ0v) is 13.3. The van der Waals surface area contributed by atoms with Gasteiger partial charge in [-0.15, -0.1) is 0 Å². The van der Waals surface area contributed by atoms with Gasteiger partial charge in [0.1, 0.15) is 5.75 Å². The summed E-state index contributed by atoms with van der Waals surface area (Å²) >= 11 is 0. The maximum Gasteiger partial charge on any atom is 0.491 e. The topological polar surface area (TPSA) is 84.9 Å². The number of anilines is 1. The van der Waals surface area contributed by atoms with Gasteiger partial charge >= 0.3 is 7.12 Å². The molecule has 120 valence electrons. The largest absolute Gasteiger partial charge is 0.497 e. The first kappa shape index (κ1) is 15.9. The predicted molar refractivity (Wildman–Crippen MR) is 87.5 cm³/mol. The first-order chi connectivity index (χ1) is 11.0. The predicted octanol–water partition coefficient (Wildman–Crippen LogP) is 0.756. The van der Waals surface area contributed by atoms with Crippen LogP contribution in [0.2, 0.25) is 0 Å². The minimum atomic E-state index is -3.74. The van der Waals surface area contributed by atoms with E-state index in [1.807, 2.05) is 0 Å². The van der Waals surface area contributed by atoms with E-state index >= 15 is 0 Å². The van der Waals surface area contributed by atoms with E-state index in [9.17, 15) is 13.4 Å². The number of ether oxygens (including phenoxy) is 1. The third kappa shape index (κ3) is 3.34. The first-order valence-corrected chi connectivity index (χ1v) is 8.57. The molecular formula is C15H16BNO5S. The molecule has 0 fully saturated rings. The van der Waals surface area contributed by atoms with E-state index in [-0.39, 0.29) is 4.90 Å². The van der Waals surface area contributed by atoms with E-state index in [0.29, 0.717) is 29.9 Å². The second kappa shape index (κ2) is 6.23. The molecule has 0 unspecified atom stereocenters. The van der Waals surface area contributed by atoms with Crippen molar-refractivity contribution in [1.29, 1.82) is 0 Å². The van der Waals surface area contributed by atoms with Crippen molar-refractivity contribution in [2.45, 2.75) is 11.3 Å². The molecular weight excluding hydrogens is 317 g/mol. The molecule has 3 rings (SSSR count). The maximum absolute atomic E-state index is 12.5. The molecule has 0 amide bonds. The lowest BCUT2D eigenvalue weighted by molar-refractivity contribution is 0.266. The summed E-state index contributed by atoms with van der Waals surface area (Å²) in [6.45, 7) is 0.447. The Kier molecular flexibility index (Phi) is 4.30. The summed E-state index contributed by atoms with van der Waals surface area (Å²) in [6.07, 6.45) is 0.690. The molecule has 0 saturated heterocycles. The fraction of sp³-hybridized carbons (Fsp3) is 0.200. The van der Waals surface area contributed by atoms with E-state index in [2.05, 4.69) is 4.72 Å². The van der Waals surface area contributed by atoms with Crippen LogP contribution < -0.4 is 14.9 Å². The van der Waals surface area contributed by atoms with Gasteiger partial charge in [-0.05, 0) is 41.7 Å². The molecule has 1 heterocycles. The van der Waals surface area contributed by atoms with Crippen LogP contribution in [0.25, 0.3) is 0 Å². The molecule has 2 aromatic carbocycles. The second-order valence-electron chi connectivity index (χ2n) is 5.17. The summed E-state index contributed by atoms with van der Waals surface area (Å²) in [6, 6.07) is 11.3. The molecule has 0 radical (unpaired) electrons. The van der Waals surface area contributed by atoms with Crippen LogP contribution in [0.1, 0.15) is 5.56 Å². The second-order valence-corrected chi connectivity index (χ2v) is 6.85. The van der Waals surface area contributed by atoms with Gasteiger partial charge in [0.05, 0.1) is 12.0 Å². The number of hydrogen-bond donors (Lipinski definition) is 2. The Morgan fingerprint density at radius 3 is 2.87 bits per heavy atom. The molecule has 0 saturated carbocycles. The fourth-order valence-corrected chi connectivity index (χ4v) is 3.55. The van der Waals surface area contributed by atoms with Gasteiger partial charge in [0, 0.05) is 18.4 Å². The molecule has 2 N–H and O–H groups in total. The number of benzene rings is 2. The van der Waals surface area contributed by atoms with E-state index in [1.165, 1.54) is 19.2 Å². The minimum absolute atomic E-state index is 0.103. The standard InChI is InChI=1S/C15H16BNO5S/c1-21-13-3-2-4-14(10-13)23(19,20)17-12-6-5-11-7-8-22-16(18)15(11)9-12/h2-6,9-10,17-18H,7-8H2,1H3. The summed E-state index contributed by atoms with van der Waals surface area (Å²) in [7, 11) is -3.29. The van der Waals surface area contributed by atoms with Gasteiger partial charge in [-0.1, -0.05) is 12.1 Å². The Hall–Kier alpha value is -2.03. The van der Waals surface area contributed by atoms with Gasteiger partial charge in [-0.25, -0.2) is 8.42 Å². The van der Waals surface area contributed by atoms with Crippen LogP contribution in [0.4, 0.5) is 5.69 Å². The van der Waals surface area contributed by atoms with Crippen LogP contribution in [0.15, 0.2) is 47.4 Å². The summed E-state index contributed by atoms with van der Waals surface area (Å²) in [5.74, 6) is 0.460. The highest BCUT2D eigenvalue weighted by Gasteiger charge is 2.25. The minimum Gasteiger partial charge on any atom is -0.497 e. The highest BCUT2D eigenvalue weighted by molar-refractivity contribution is 7.92. The van der Waals surface area contributed by atoms with Gasteiger partial charge in [0.2, 0.25) is 0 Å². The Morgan fingerprint density at radius 2 is 2.09 bits per heavy atom. The van der Waals surface area contributed by atoms with Crippen molar-refractivity contribution in [1.82, 2.24) is 0 Å². The normalized spacial score (nSPS) is 14.3. The molecule has 0 spiro atoms. The van der Waals surface area contributed by atoms with Crippen LogP contribution in [-0.4, -0.2) is 34.3 Å². The molecule has 1 aliphatic heterocycles. The summed E-state index contributed by atoms with van der Waals surface area (Å²) < 4.78 is 37.6. The molecule has 0 atom stereocenters. The molecule has 1 aliphatic rings. The lowest BCUT2D eigenvalue weighted by atomic mass is 9.73. The van der Waals surface area contributed by atoms with Crippen LogP contribution in [0, 0.1) is 0 Å². The summed E-state index contributed by atoms with van der Waals surface area (Å²) in [5.41, 5.74) is 1.91. The van der Waals surface area contributed by atoms with E-state index in [0.717, 1.165) is 5.56 Å². The van der Waals surface area contributed by atoms with E-state index in [4.69, 9.17) is 9.39 Å². The molecule has 23 heavy (non-hydrogen) atoms. The fourth-order valence-electron chi connectivity index (χ4n) is 2.47. The van der Waals surface area contributed by atoms with Gasteiger partial charge in [0.15, 0.2) is 0 Å². The van der Waals surface area contributed by atoms with Gasteiger partial charge < -0.3 is 14.4 Å². The Labute approximate surface area is 135 Å². The van der Waals surface area contributed by atoms with Crippen molar-refractivity contribution in [3.05, 3.63) is 48.0 Å². The average molecular weight is 333 g/mol. The molecule has 2 aromatic rings. The van der Waals surface area contributed by atoms with Crippen LogP contribution in [0.3, 0.4) is 0 Å². The number of nitrogens with one attached hydrogen (secondary N) is 1. The SMILES string of the molecule is COc1cccc(S(=O)(=O)Nc2ccc3c(c2)B(O)OCC3)c1. The van der Waals surface area contributed by atoms with Crippen molar-refractivity contribution in [2.24, 2.45) is 0 Å². The van der Waals surface area contributed by atoms with Crippen LogP contribution in [-0.2, 0) is 21.1 Å². The number of sulfonamides is 1. The highest BCUT2D eigenvalue weighted by Crippen LogP contribution is 2.21. The number of hydrogen-bond acceptors (Lipinski definition) is 5. The van der Waals surface area contributed by atoms with Gasteiger partial charge in [-0.3, -0.25) is 4.72 Å². The molecule has 6 nitrogen and oxygen atoms in total. The van der Waals surface area contributed by atoms with Crippen molar-refractivity contribution in [3.8, 4) is 5.75 Å². The average Bonchev–Trinajstić information content (AvgIpc) is 2.55. The smallest absolute Gasteiger partial charge is 0.491 e. The third-order valence-corrected chi connectivity index (χ3v) is 5.04. The first-order valence-electron chi connectivity index (χ1n) is 7.09. The van der Waals surface area contributed by atoms with Crippen LogP contribution >= 0.6 is 0 Å². The van der Waals surface area contributed by atoms with Gasteiger partial charge in [0.25, 0.3) is 10.0 Å². The Bertz CT molecular complexity index is 824. The van der Waals surface area contributed by atoms with Gasteiger partial charge in [-0.2, -0.15) is 0 Å². The molecule has 0 aliphatic carbocycles. The lowest BCUT2D eigenvalue weighted by Gasteiger charge is -2.20. The number of fused-ring (bicyclic) bond motifs is 1. The zero-order valence-electron chi connectivity index (χ0n) is 12.5. The highest BCUT2D eigenvalue weighted by atomic mass is 32.2. The van der Waals surface area contributed by atoms with Crippen molar-refractivity contribution in [2.75, 3.05) is 18.4 Å². The monoisotopic (exact) mass is 333 g/mol. The summed E-state index contributed by atoms with van der Waals surface area (Å²) in [5, 5.41) is 9.85. The zero-order chi connectivity index (χ0) is 16.4.